The van der Waals surface area contributed by atoms with Gasteiger partial charge in [-0.25, -0.2) is 4.98 Å². The lowest BCUT2D eigenvalue weighted by molar-refractivity contribution is -0.118. The Balaban J connectivity index is 1.62. The normalized spacial score (nSPS) is 10.6. The SMILES string of the molecule is Cc1ccc(OCC(=O)Nc2nc(-c3cc(C(N)=O)oc3C)cs2)cc1C. The molecule has 0 unspecified atom stereocenters. The van der Waals surface area contributed by atoms with E-state index in [1.54, 1.807) is 18.4 Å². The molecule has 0 aliphatic heterocycles. The Morgan fingerprint density at radius 3 is 2.67 bits per heavy atom. The molecule has 0 saturated carbocycles. The number of ether oxygens (including phenoxy) is 1. The smallest absolute Gasteiger partial charge is 0.284 e. The third kappa shape index (κ3) is 4.35. The van der Waals surface area contributed by atoms with Crippen molar-refractivity contribution in [2.75, 3.05) is 11.9 Å². The van der Waals surface area contributed by atoms with Crippen molar-refractivity contribution in [1.29, 1.82) is 0 Å². The average Bonchev–Trinajstić information content (AvgIpc) is 3.22. The number of carbonyl (C=O) groups excluding carboxylic acids is 2. The lowest BCUT2D eigenvalue weighted by atomic mass is 10.1. The van der Waals surface area contributed by atoms with Gasteiger partial charge in [-0.05, 0) is 50.1 Å². The van der Waals surface area contributed by atoms with Gasteiger partial charge in [0.15, 0.2) is 17.5 Å². The number of hydrogen-bond donors (Lipinski definition) is 2. The average molecular weight is 385 g/mol. The van der Waals surface area contributed by atoms with Crippen LogP contribution in [-0.2, 0) is 4.79 Å². The van der Waals surface area contributed by atoms with Crippen molar-refractivity contribution in [3.8, 4) is 17.0 Å². The molecule has 2 heterocycles. The molecule has 1 aromatic carbocycles. The van der Waals surface area contributed by atoms with Crippen LogP contribution in [0, 0.1) is 20.8 Å². The third-order valence-corrected chi connectivity index (χ3v) is 4.79. The minimum Gasteiger partial charge on any atom is -0.484 e. The van der Waals surface area contributed by atoms with E-state index >= 15 is 0 Å². The summed E-state index contributed by atoms with van der Waals surface area (Å²) in [5.41, 5.74) is 8.74. The predicted octanol–water partition coefficient (Wildman–Crippen LogP) is 3.44. The summed E-state index contributed by atoms with van der Waals surface area (Å²) in [6.45, 7) is 5.60. The molecule has 0 bridgehead atoms. The van der Waals surface area contributed by atoms with Gasteiger partial charge < -0.3 is 14.9 Å². The first-order valence-corrected chi connectivity index (χ1v) is 9.07. The van der Waals surface area contributed by atoms with E-state index in [9.17, 15) is 9.59 Å². The summed E-state index contributed by atoms with van der Waals surface area (Å²) in [5.74, 6) is 0.293. The maximum Gasteiger partial charge on any atom is 0.284 e. The zero-order valence-electron chi connectivity index (χ0n) is 15.2. The molecule has 27 heavy (non-hydrogen) atoms. The molecule has 0 radical (unpaired) electrons. The van der Waals surface area contributed by atoms with Crippen LogP contribution in [0.2, 0.25) is 0 Å². The fraction of sp³-hybridized carbons (Fsp3) is 0.211. The standard InChI is InChI=1S/C19H19N3O4S/c1-10-4-5-13(6-11(10)2)25-8-17(23)22-19-21-15(9-27-19)14-7-16(18(20)24)26-12(14)3/h4-7,9H,8H2,1-3H3,(H2,20,24)(H,21,22,23). The van der Waals surface area contributed by atoms with Crippen LogP contribution in [0.25, 0.3) is 11.3 Å². The molecule has 0 fully saturated rings. The van der Waals surface area contributed by atoms with Crippen LogP contribution in [0.4, 0.5) is 5.13 Å². The summed E-state index contributed by atoms with van der Waals surface area (Å²) >= 11 is 1.27. The van der Waals surface area contributed by atoms with Gasteiger partial charge in [-0.1, -0.05) is 6.07 Å². The quantitative estimate of drug-likeness (QED) is 0.676. The van der Waals surface area contributed by atoms with E-state index in [4.69, 9.17) is 14.9 Å². The maximum absolute atomic E-state index is 12.1. The van der Waals surface area contributed by atoms with Crippen LogP contribution in [0.15, 0.2) is 34.1 Å². The van der Waals surface area contributed by atoms with E-state index in [1.165, 1.54) is 11.3 Å². The van der Waals surface area contributed by atoms with Crippen molar-refractivity contribution in [1.82, 2.24) is 4.98 Å². The van der Waals surface area contributed by atoms with Gasteiger partial charge in [0.25, 0.3) is 11.8 Å². The lowest BCUT2D eigenvalue weighted by Crippen LogP contribution is -2.20. The number of furan rings is 1. The highest BCUT2D eigenvalue weighted by Crippen LogP contribution is 2.29. The van der Waals surface area contributed by atoms with Crippen LogP contribution >= 0.6 is 11.3 Å². The molecular weight excluding hydrogens is 366 g/mol. The molecule has 2 amide bonds. The molecule has 0 saturated heterocycles. The summed E-state index contributed by atoms with van der Waals surface area (Å²) in [4.78, 5) is 27.7. The molecule has 140 valence electrons. The van der Waals surface area contributed by atoms with Crippen LogP contribution in [0.5, 0.6) is 5.75 Å². The topological polar surface area (TPSA) is 107 Å². The lowest BCUT2D eigenvalue weighted by Gasteiger charge is -2.07. The molecule has 2 aromatic heterocycles. The van der Waals surface area contributed by atoms with Crippen molar-refractivity contribution in [2.45, 2.75) is 20.8 Å². The van der Waals surface area contributed by atoms with Gasteiger partial charge in [0.1, 0.15) is 11.5 Å². The Morgan fingerprint density at radius 1 is 1.22 bits per heavy atom. The summed E-state index contributed by atoms with van der Waals surface area (Å²) in [7, 11) is 0. The van der Waals surface area contributed by atoms with E-state index in [0.29, 0.717) is 27.9 Å². The molecule has 0 atom stereocenters. The zero-order valence-corrected chi connectivity index (χ0v) is 16.0. The number of anilines is 1. The molecule has 0 aliphatic rings. The summed E-state index contributed by atoms with van der Waals surface area (Å²) in [6.07, 6.45) is 0. The van der Waals surface area contributed by atoms with Crippen LogP contribution in [0.1, 0.15) is 27.4 Å². The number of hydrogen-bond acceptors (Lipinski definition) is 6. The van der Waals surface area contributed by atoms with Gasteiger partial charge in [-0.15, -0.1) is 11.3 Å². The van der Waals surface area contributed by atoms with Crippen LogP contribution in [0.3, 0.4) is 0 Å². The number of aryl methyl sites for hydroxylation is 3. The number of rotatable bonds is 6. The minimum absolute atomic E-state index is 0.0721. The Bertz CT molecular complexity index is 1010. The first-order valence-electron chi connectivity index (χ1n) is 8.19. The van der Waals surface area contributed by atoms with Gasteiger partial charge in [0, 0.05) is 10.9 Å². The summed E-state index contributed by atoms with van der Waals surface area (Å²) < 4.78 is 10.8. The molecule has 3 aromatic rings. The molecule has 0 spiro atoms. The van der Waals surface area contributed by atoms with Crippen molar-refractivity contribution in [2.24, 2.45) is 5.73 Å². The fourth-order valence-corrected chi connectivity index (χ4v) is 3.15. The van der Waals surface area contributed by atoms with E-state index in [2.05, 4.69) is 10.3 Å². The van der Waals surface area contributed by atoms with Gasteiger partial charge in [-0.3, -0.25) is 14.9 Å². The Kier molecular flexibility index (Phi) is 5.27. The highest BCUT2D eigenvalue weighted by molar-refractivity contribution is 7.14. The van der Waals surface area contributed by atoms with Crippen molar-refractivity contribution in [3.05, 3.63) is 52.3 Å². The molecular formula is C19H19N3O4S. The highest BCUT2D eigenvalue weighted by Gasteiger charge is 2.16. The first kappa shape index (κ1) is 18.7. The highest BCUT2D eigenvalue weighted by atomic mass is 32.1. The molecule has 3 N–H and O–H groups in total. The van der Waals surface area contributed by atoms with Gasteiger partial charge in [0.2, 0.25) is 0 Å². The number of nitrogens with one attached hydrogen (secondary N) is 1. The zero-order chi connectivity index (χ0) is 19.6. The maximum atomic E-state index is 12.1. The van der Waals surface area contributed by atoms with Crippen molar-refractivity contribution in [3.63, 3.8) is 0 Å². The second-order valence-electron chi connectivity index (χ2n) is 6.07. The largest absolute Gasteiger partial charge is 0.484 e. The number of nitrogens with two attached hydrogens (primary N) is 1. The van der Waals surface area contributed by atoms with Crippen LogP contribution < -0.4 is 15.8 Å². The summed E-state index contributed by atoms with van der Waals surface area (Å²) in [6, 6.07) is 7.21. The predicted molar refractivity (Wildman–Crippen MR) is 103 cm³/mol. The Hall–Kier alpha value is -3.13. The number of carbonyl (C=O) groups is 2. The van der Waals surface area contributed by atoms with E-state index < -0.39 is 5.91 Å². The first-order chi connectivity index (χ1) is 12.8. The van der Waals surface area contributed by atoms with E-state index in [1.807, 2.05) is 32.0 Å². The number of aromatic nitrogens is 1. The monoisotopic (exact) mass is 385 g/mol. The second-order valence-corrected chi connectivity index (χ2v) is 6.92. The molecule has 8 heteroatoms. The van der Waals surface area contributed by atoms with E-state index in [-0.39, 0.29) is 18.3 Å². The molecule has 3 rings (SSSR count). The van der Waals surface area contributed by atoms with Gasteiger partial charge >= 0.3 is 0 Å². The number of thiazole rings is 1. The fourth-order valence-electron chi connectivity index (χ4n) is 2.42. The third-order valence-electron chi connectivity index (χ3n) is 4.04. The van der Waals surface area contributed by atoms with Crippen molar-refractivity contribution >= 4 is 28.3 Å². The summed E-state index contributed by atoms with van der Waals surface area (Å²) in [5, 5.41) is 4.90. The number of nitrogens with zero attached hydrogens (tertiary/aromatic N) is 1. The Morgan fingerprint density at radius 2 is 2.00 bits per heavy atom. The molecule has 0 aliphatic carbocycles. The van der Waals surface area contributed by atoms with Crippen molar-refractivity contribution < 1.29 is 18.7 Å². The minimum atomic E-state index is -0.642. The van der Waals surface area contributed by atoms with Gasteiger partial charge in [0.05, 0.1) is 5.69 Å². The number of primary amides is 1. The Labute approximate surface area is 160 Å². The number of amides is 2. The molecule has 7 nitrogen and oxygen atoms in total. The van der Waals surface area contributed by atoms with E-state index in [0.717, 1.165) is 11.1 Å². The van der Waals surface area contributed by atoms with Crippen LogP contribution in [-0.4, -0.2) is 23.4 Å². The van der Waals surface area contributed by atoms with Gasteiger partial charge in [-0.2, -0.15) is 0 Å². The number of benzene rings is 1. The second kappa shape index (κ2) is 7.63.